The number of benzene rings is 2. The van der Waals surface area contributed by atoms with Crippen molar-refractivity contribution in [3.05, 3.63) is 88.6 Å². The predicted octanol–water partition coefficient (Wildman–Crippen LogP) is 5.25. The van der Waals surface area contributed by atoms with Gasteiger partial charge >= 0.3 is 5.97 Å². The van der Waals surface area contributed by atoms with Crippen molar-refractivity contribution >= 4 is 29.1 Å². The molecular formula is C21H19ClN2O2. The monoisotopic (exact) mass is 366 g/mol. The van der Waals surface area contributed by atoms with Gasteiger partial charge in [0, 0.05) is 11.9 Å². The summed E-state index contributed by atoms with van der Waals surface area (Å²) in [5.74, 6) is 0.0677. The molecular weight excluding hydrogens is 348 g/mol. The molecule has 4 nitrogen and oxygen atoms in total. The molecule has 0 saturated heterocycles. The van der Waals surface area contributed by atoms with Gasteiger partial charge in [0.1, 0.15) is 5.82 Å². The third-order valence-corrected chi connectivity index (χ3v) is 4.15. The van der Waals surface area contributed by atoms with Crippen molar-refractivity contribution in [3.8, 4) is 0 Å². The summed E-state index contributed by atoms with van der Waals surface area (Å²) >= 11 is 6.30. The first-order valence-electron chi connectivity index (χ1n) is 8.39. The van der Waals surface area contributed by atoms with Crippen LogP contribution in [0.1, 0.15) is 28.4 Å². The van der Waals surface area contributed by atoms with Gasteiger partial charge < -0.3 is 10.1 Å². The largest absolute Gasteiger partial charge is 0.462 e. The number of carbonyl (C=O) groups is 1. The normalized spacial score (nSPS) is 10.4. The number of para-hydroxylation sites is 1. The van der Waals surface area contributed by atoms with Crippen LogP contribution in [0.5, 0.6) is 0 Å². The smallest absolute Gasteiger partial charge is 0.339 e. The Kier molecular flexibility index (Phi) is 5.87. The van der Waals surface area contributed by atoms with Crippen LogP contribution in [-0.2, 0) is 11.2 Å². The highest BCUT2D eigenvalue weighted by Crippen LogP contribution is 2.27. The first kappa shape index (κ1) is 18.0. The minimum atomic E-state index is -0.432. The summed E-state index contributed by atoms with van der Waals surface area (Å²) < 4.78 is 4.97. The zero-order valence-corrected chi connectivity index (χ0v) is 15.2. The lowest BCUT2D eigenvalue weighted by Gasteiger charge is -2.13. The van der Waals surface area contributed by atoms with Gasteiger partial charge in [-0.2, -0.15) is 0 Å². The van der Waals surface area contributed by atoms with Crippen molar-refractivity contribution < 1.29 is 9.53 Å². The predicted molar refractivity (Wildman–Crippen MR) is 104 cm³/mol. The summed E-state index contributed by atoms with van der Waals surface area (Å²) in [5.41, 5.74) is 3.61. The molecule has 5 heteroatoms. The van der Waals surface area contributed by atoms with Crippen molar-refractivity contribution in [2.24, 2.45) is 0 Å². The number of esters is 1. The second kappa shape index (κ2) is 8.50. The molecule has 0 amide bonds. The lowest BCUT2D eigenvalue weighted by Crippen LogP contribution is -2.06. The molecule has 0 bridgehead atoms. The Morgan fingerprint density at radius 3 is 2.58 bits per heavy atom. The van der Waals surface area contributed by atoms with Crippen LogP contribution in [0.2, 0.25) is 5.02 Å². The zero-order chi connectivity index (χ0) is 18.4. The van der Waals surface area contributed by atoms with E-state index in [0.717, 1.165) is 17.7 Å². The van der Waals surface area contributed by atoms with Gasteiger partial charge in [-0.15, -0.1) is 0 Å². The van der Waals surface area contributed by atoms with Crippen LogP contribution in [0.25, 0.3) is 0 Å². The number of hydrogen-bond acceptors (Lipinski definition) is 4. The Balaban J connectivity index is 1.82. The summed E-state index contributed by atoms with van der Waals surface area (Å²) in [6.07, 6.45) is 2.26. The van der Waals surface area contributed by atoms with Crippen LogP contribution in [0, 0.1) is 0 Å². The lowest BCUT2D eigenvalue weighted by atomic mass is 10.0. The fraction of sp³-hybridized carbons (Fsp3) is 0.143. The van der Waals surface area contributed by atoms with E-state index < -0.39 is 5.97 Å². The molecule has 26 heavy (non-hydrogen) atoms. The van der Waals surface area contributed by atoms with E-state index in [1.54, 1.807) is 13.0 Å². The number of hydrogen-bond donors (Lipinski definition) is 1. The first-order valence-corrected chi connectivity index (χ1v) is 8.76. The molecule has 3 aromatic rings. The van der Waals surface area contributed by atoms with E-state index in [1.165, 1.54) is 11.8 Å². The highest BCUT2D eigenvalue weighted by atomic mass is 35.5. The van der Waals surface area contributed by atoms with Gasteiger partial charge in [0.05, 0.1) is 17.2 Å². The Morgan fingerprint density at radius 2 is 1.85 bits per heavy atom. The molecule has 0 saturated carbocycles. The van der Waals surface area contributed by atoms with Crippen molar-refractivity contribution in [1.82, 2.24) is 4.98 Å². The number of rotatable bonds is 6. The quantitative estimate of drug-likeness (QED) is 0.605. The molecule has 132 valence electrons. The van der Waals surface area contributed by atoms with Gasteiger partial charge in [-0.3, -0.25) is 0 Å². The number of nitrogens with zero attached hydrogens (tertiary/aromatic N) is 1. The molecule has 0 radical (unpaired) electrons. The molecule has 0 atom stereocenters. The highest BCUT2D eigenvalue weighted by molar-refractivity contribution is 6.33. The topological polar surface area (TPSA) is 51.2 Å². The molecule has 2 aromatic carbocycles. The third kappa shape index (κ3) is 4.41. The van der Waals surface area contributed by atoms with Crippen molar-refractivity contribution in [3.63, 3.8) is 0 Å². The number of ether oxygens (including phenoxy) is 1. The Labute approximate surface area is 157 Å². The van der Waals surface area contributed by atoms with Crippen LogP contribution >= 0.6 is 11.6 Å². The Bertz CT molecular complexity index is 898. The molecule has 0 aliphatic carbocycles. The average Bonchev–Trinajstić information content (AvgIpc) is 2.66. The van der Waals surface area contributed by atoms with Gasteiger partial charge in [0.25, 0.3) is 0 Å². The minimum Gasteiger partial charge on any atom is -0.462 e. The molecule has 0 fully saturated rings. The van der Waals surface area contributed by atoms with E-state index in [9.17, 15) is 4.79 Å². The van der Waals surface area contributed by atoms with Gasteiger partial charge in [0.15, 0.2) is 0 Å². The SMILES string of the molecule is CCOC(=O)c1cnc(Nc2ccccc2Cc2ccccc2)c(Cl)c1. The number of nitrogens with one attached hydrogen (secondary N) is 1. The second-order valence-corrected chi connectivity index (χ2v) is 6.13. The van der Waals surface area contributed by atoms with Crippen LogP contribution in [-0.4, -0.2) is 17.6 Å². The molecule has 1 heterocycles. The summed E-state index contributed by atoms with van der Waals surface area (Å²) in [7, 11) is 0. The lowest BCUT2D eigenvalue weighted by molar-refractivity contribution is 0.0526. The maximum Gasteiger partial charge on any atom is 0.339 e. The summed E-state index contributed by atoms with van der Waals surface area (Å²) in [4.78, 5) is 16.1. The summed E-state index contributed by atoms with van der Waals surface area (Å²) in [6, 6.07) is 19.8. The maximum atomic E-state index is 11.8. The molecule has 0 spiro atoms. The second-order valence-electron chi connectivity index (χ2n) is 5.72. The Hall–Kier alpha value is -2.85. The van der Waals surface area contributed by atoms with Crippen LogP contribution < -0.4 is 5.32 Å². The molecule has 0 aliphatic rings. The molecule has 0 unspecified atom stereocenters. The standard InChI is InChI=1S/C21H19ClN2O2/c1-2-26-21(25)17-13-18(22)20(23-14-17)24-19-11-7-6-10-16(19)12-15-8-4-3-5-9-15/h3-11,13-14H,2,12H2,1H3,(H,23,24). The van der Waals surface area contributed by atoms with Crippen LogP contribution in [0.3, 0.4) is 0 Å². The third-order valence-electron chi connectivity index (χ3n) is 3.86. The van der Waals surface area contributed by atoms with Crippen molar-refractivity contribution in [2.45, 2.75) is 13.3 Å². The minimum absolute atomic E-state index is 0.309. The fourth-order valence-corrected chi connectivity index (χ4v) is 2.81. The van der Waals surface area contributed by atoms with Crippen molar-refractivity contribution in [1.29, 1.82) is 0 Å². The van der Waals surface area contributed by atoms with Gasteiger partial charge in [-0.1, -0.05) is 60.1 Å². The molecule has 1 aromatic heterocycles. The van der Waals surface area contributed by atoms with E-state index in [4.69, 9.17) is 16.3 Å². The van der Waals surface area contributed by atoms with Crippen LogP contribution in [0.15, 0.2) is 66.9 Å². The van der Waals surface area contributed by atoms with Crippen LogP contribution in [0.4, 0.5) is 11.5 Å². The van der Waals surface area contributed by atoms with E-state index in [1.807, 2.05) is 36.4 Å². The average molecular weight is 367 g/mol. The summed E-state index contributed by atoms with van der Waals surface area (Å²) in [5, 5.41) is 3.63. The van der Waals surface area contributed by atoms with E-state index in [0.29, 0.717) is 23.0 Å². The highest BCUT2D eigenvalue weighted by Gasteiger charge is 2.12. The zero-order valence-electron chi connectivity index (χ0n) is 14.4. The number of pyridine rings is 1. The molecule has 0 aliphatic heterocycles. The number of carbonyl (C=O) groups excluding carboxylic acids is 1. The van der Waals surface area contributed by atoms with E-state index in [2.05, 4.69) is 28.5 Å². The first-order chi connectivity index (χ1) is 12.7. The van der Waals surface area contributed by atoms with Gasteiger partial charge in [-0.25, -0.2) is 9.78 Å². The maximum absolute atomic E-state index is 11.8. The molecule has 3 rings (SSSR count). The molecule has 1 N–H and O–H groups in total. The number of halogens is 1. The van der Waals surface area contributed by atoms with E-state index in [-0.39, 0.29) is 0 Å². The van der Waals surface area contributed by atoms with E-state index >= 15 is 0 Å². The van der Waals surface area contributed by atoms with Gasteiger partial charge in [-0.05, 0) is 36.6 Å². The number of anilines is 2. The number of aromatic nitrogens is 1. The fourth-order valence-electron chi connectivity index (χ4n) is 2.60. The Morgan fingerprint density at radius 1 is 1.12 bits per heavy atom. The summed E-state index contributed by atoms with van der Waals surface area (Å²) in [6.45, 7) is 2.07. The van der Waals surface area contributed by atoms with Gasteiger partial charge in [0.2, 0.25) is 0 Å². The van der Waals surface area contributed by atoms with Crippen molar-refractivity contribution in [2.75, 3.05) is 11.9 Å².